The zero-order chi connectivity index (χ0) is 14.7. The van der Waals surface area contributed by atoms with Crippen molar-refractivity contribution >= 4 is 34.2 Å². The molecule has 21 heavy (non-hydrogen) atoms. The summed E-state index contributed by atoms with van der Waals surface area (Å²) in [5, 5.41) is 3.07. The molecule has 2 N–H and O–H groups in total. The van der Waals surface area contributed by atoms with Crippen LogP contribution in [0.5, 0.6) is 0 Å². The van der Waals surface area contributed by atoms with Crippen LogP contribution < -0.4 is 16.6 Å². The van der Waals surface area contributed by atoms with Gasteiger partial charge in [-0.15, -0.1) is 12.4 Å². The predicted octanol–water partition coefficient (Wildman–Crippen LogP) is -0.0687. The summed E-state index contributed by atoms with van der Waals surface area (Å²) in [5.41, 5.74) is -1.07. The van der Waals surface area contributed by atoms with Crippen LogP contribution in [0.4, 0.5) is 0 Å². The Labute approximate surface area is 136 Å². The first-order chi connectivity index (χ1) is 9.52. The maximum atomic E-state index is 12.3. The van der Waals surface area contributed by atoms with Crippen molar-refractivity contribution in [2.45, 2.75) is 25.4 Å². The van der Waals surface area contributed by atoms with Crippen LogP contribution in [-0.4, -0.2) is 46.5 Å². The number of amides is 1. The summed E-state index contributed by atoms with van der Waals surface area (Å²) >= 11 is 3.05. The summed E-state index contributed by atoms with van der Waals surface area (Å²) in [6.07, 6.45) is 3.29. The van der Waals surface area contributed by atoms with Crippen molar-refractivity contribution in [3.05, 3.63) is 31.5 Å². The summed E-state index contributed by atoms with van der Waals surface area (Å²) in [4.78, 5) is 39.1. The number of nitrogens with zero attached hydrogens (tertiary/aromatic N) is 2. The number of aromatic amines is 1. The van der Waals surface area contributed by atoms with Crippen LogP contribution in [-0.2, 0) is 11.3 Å². The van der Waals surface area contributed by atoms with E-state index in [0.29, 0.717) is 6.54 Å². The van der Waals surface area contributed by atoms with E-state index in [9.17, 15) is 14.4 Å². The van der Waals surface area contributed by atoms with Crippen molar-refractivity contribution in [2.24, 2.45) is 0 Å². The Hall–Kier alpha value is -1.12. The number of hydrogen-bond donors (Lipinski definition) is 2. The van der Waals surface area contributed by atoms with Crippen molar-refractivity contribution in [1.82, 2.24) is 19.8 Å². The van der Waals surface area contributed by atoms with Crippen LogP contribution >= 0.6 is 28.3 Å². The van der Waals surface area contributed by atoms with Crippen LogP contribution in [0.2, 0.25) is 0 Å². The largest absolute Gasteiger partial charge is 0.337 e. The lowest BCUT2D eigenvalue weighted by Crippen LogP contribution is -2.44. The Bertz CT molecular complexity index is 615. The van der Waals surface area contributed by atoms with Crippen LogP contribution in [0.15, 0.2) is 20.3 Å². The number of halogens is 2. The van der Waals surface area contributed by atoms with Gasteiger partial charge in [-0.3, -0.25) is 19.1 Å². The molecule has 0 radical (unpaired) electrons. The molecule has 7 nitrogen and oxygen atoms in total. The van der Waals surface area contributed by atoms with Gasteiger partial charge in [-0.1, -0.05) is 0 Å². The summed E-state index contributed by atoms with van der Waals surface area (Å²) in [7, 11) is 1.85. The summed E-state index contributed by atoms with van der Waals surface area (Å²) in [5.74, 6) is -0.108. The number of aromatic nitrogens is 2. The second-order valence-electron chi connectivity index (χ2n) is 4.81. The number of nitrogens with one attached hydrogen (secondary N) is 2. The lowest BCUT2D eigenvalue weighted by atomic mass is 10.2. The van der Waals surface area contributed by atoms with Gasteiger partial charge in [0, 0.05) is 25.3 Å². The molecule has 0 aromatic carbocycles. The highest BCUT2D eigenvalue weighted by Crippen LogP contribution is 2.16. The third-order valence-corrected chi connectivity index (χ3v) is 3.98. The first-order valence-electron chi connectivity index (χ1n) is 6.46. The van der Waals surface area contributed by atoms with Crippen molar-refractivity contribution in [1.29, 1.82) is 0 Å². The minimum atomic E-state index is -0.573. The van der Waals surface area contributed by atoms with Crippen LogP contribution in [0.25, 0.3) is 0 Å². The van der Waals surface area contributed by atoms with Gasteiger partial charge < -0.3 is 10.2 Å². The second kappa shape index (κ2) is 7.77. The van der Waals surface area contributed by atoms with Crippen LogP contribution in [0.1, 0.15) is 12.8 Å². The van der Waals surface area contributed by atoms with Gasteiger partial charge in [-0.2, -0.15) is 0 Å². The van der Waals surface area contributed by atoms with Gasteiger partial charge in [0.15, 0.2) is 0 Å². The molecule has 1 saturated heterocycles. The summed E-state index contributed by atoms with van der Waals surface area (Å²) in [6, 6.07) is 0.175. The van der Waals surface area contributed by atoms with Gasteiger partial charge in [-0.05, 0) is 35.8 Å². The first kappa shape index (κ1) is 17.9. The van der Waals surface area contributed by atoms with Crippen molar-refractivity contribution in [3.63, 3.8) is 0 Å². The molecule has 9 heteroatoms. The van der Waals surface area contributed by atoms with Gasteiger partial charge >= 0.3 is 5.69 Å². The van der Waals surface area contributed by atoms with Gasteiger partial charge in [0.2, 0.25) is 5.91 Å². The molecule has 1 aliphatic rings. The highest BCUT2D eigenvalue weighted by Gasteiger charge is 2.28. The molecule has 1 aliphatic heterocycles. The molecule has 0 bridgehead atoms. The van der Waals surface area contributed by atoms with Crippen molar-refractivity contribution in [2.75, 3.05) is 20.1 Å². The molecule has 1 aromatic rings. The van der Waals surface area contributed by atoms with E-state index >= 15 is 0 Å². The molecular formula is C12H18BrClN4O3. The third kappa shape index (κ3) is 4.18. The van der Waals surface area contributed by atoms with Gasteiger partial charge in [-0.25, -0.2) is 4.79 Å². The average molecular weight is 382 g/mol. The number of likely N-dealkylation sites (N-methyl/N-ethyl adjacent to an activating group) is 1. The topological polar surface area (TPSA) is 87.2 Å². The molecule has 1 fully saturated rings. The first-order valence-corrected chi connectivity index (χ1v) is 7.25. The quantitative estimate of drug-likeness (QED) is 0.764. The van der Waals surface area contributed by atoms with E-state index in [1.165, 1.54) is 10.8 Å². The fraction of sp³-hybridized carbons (Fsp3) is 0.583. The maximum Gasteiger partial charge on any atom is 0.328 e. The molecule has 0 aliphatic carbocycles. The molecule has 118 valence electrons. The minimum absolute atomic E-state index is 0. The molecular weight excluding hydrogens is 364 g/mol. The molecule has 2 rings (SSSR count). The molecule has 2 heterocycles. The summed E-state index contributed by atoms with van der Waals surface area (Å²) < 4.78 is 1.45. The highest BCUT2D eigenvalue weighted by molar-refractivity contribution is 9.10. The monoisotopic (exact) mass is 380 g/mol. The number of carbonyl (C=O) groups is 1. The highest BCUT2D eigenvalue weighted by atomic mass is 79.9. The molecule has 1 atom stereocenters. The third-order valence-electron chi connectivity index (χ3n) is 3.41. The minimum Gasteiger partial charge on any atom is -0.337 e. The fourth-order valence-electron chi connectivity index (χ4n) is 2.45. The number of hydrogen-bond acceptors (Lipinski definition) is 4. The Morgan fingerprint density at radius 3 is 2.90 bits per heavy atom. The average Bonchev–Trinajstić information content (AvgIpc) is 2.84. The lowest BCUT2D eigenvalue weighted by Gasteiger charge is -2.24. The Morgan fingerprint density at radius 1 is 1.52 bits per heavy atom. The Kier molecular flexibility index (Phi) is 6.63. The SMILES string of the molecule is CNCC1CCCN1C(=O)Cn1cc(Br)c(=O)[nH]c1=O.Cl. The molecule has 1 amide bonds. The Balaban J connectivity index is 0.00000220. The van der Waals surface area contributed by atoms with E-state index in [4.69, 9.17) is 0 Å². The van der Waals surface area contributed by atoms with Crippen LogP contribution in [0, 0.1) is 0 Å². The smallest absolute Gasteiger partial charge is 0.328 e. The van der Waals surface area contributed by atoms with Crippen molar-refractivity contribution in [3.8, 4) is 0 Å². The number of rotatable bonds is 4. The molecule has 1 aromatic heterocycles. The predicted molar refractivity (Wildman–Crippen MR) is 84.9 cm³/mol. The van der Waals surface area contributed by atoms with Gasteiger partial charge in [0.1, 0.15) is 6.54 Å². The lowest BCUT2D eigenvalue weighted by molar-refractivity contribution is -0.132. The zero-order valence-electron chi connectivity index (χ0n) is 11.6. The normalized spacial score (nSPS) is 17.6. The molecule has 0 spiro atoms. The fourth-order valence-corrected chi connectivity index (χ4v) is 2.79. The Morgan fingerprint density at radius 2 is 2.24 bits per heavy atom. The number of H-pyrrole nitrogens is 1. The van der Waals surface area contributed by atoms with E-state index in [2.05, 4.69) is 26.2 Å². The van der Waals surface area contributed by atoms with E-state index in [0.717, 1.165) is 19.4 Å². The van der Waals surface area contributed by atoms with Crippen LogP contribution in [0.3, 0.4) is 0 Å². The molecule has 1 unspecified atom stereocenters. The van der Waals surface area contributed by atoms with E-state index in [-0.39, 0.29) is 35.4 Å². The van der Waals surface area contributed by atoms with E-state index in [1.807, 2.05) is 7.05 Å². The van der Waals surface area contributed by atoms with Gasteiger partial charge in [0.05, 0.1) is 4.47 Å². The zero-order valence-corrected chi connectivity index (χ0v) is 14.0. The number of likely N-dealkylation sites (tertiary alicyclic amines) is 1. The van der Waals surface area contributed by atoms with E-state index < -0.39 is 11.2 Å². The van der Waals surface area contributed by atoms with Gasteiger partial charge in [0.25, 0.3) is 5.56 Å². The standard InChI is InChI=1S/C12H17BrN4O3.ClH/c1-14-5-8-3-2-4-17(8)10(18)7-16-6-9(13)11(19)15-12(16)20;/h6,8,14H,2-5,7H2,1H3,(H,15,19,20);1H. The van der Waals surface area contributed by atoms with E-state index in [1.54, 1.807) is 4.90 Å². The molecule has 0 saturated carbocycles. The summed E-state index contributed by atoms with van der Waals surface area (Å²) in [6.45, 7) is 1.40. The number of carbonyl (C=O) groups excluding carboxylic acids is 1. The van der Waals surface area contributed by atoms with Crippen molar-refractivity contribution < 1.29 is 4.79 Å². The second-order valence-corrected chi connectivity index (χ2v) is 5.66. The maximum absolute atomic E-state index is 12.3.